The Morgan fingerprint density at radius 2 is 2.22 bits per heavy atom. The summed E-state index contributed by atoms with van der Waals surface area (Å²) in [7, 11) is 3.28. The number of nitrogens with zero attached hydrogens (tertiary/aromatic N) is 3. The van der Waals surface area contributed by atoms with Gasteiger partial charge in [0, 0.05) is 39.2 Å². The van der Waals surface area contributed by atoms with Gasteiger partial charge in [-0.15, -0.1) is 0 Å². The number of ether oxygens (including phenoxy) is 1. The molecule has 1 atom stereocenters. The van der Waals surface area contributed by atoms with E-state index in [-0.39, 0.29) is 5.56 Å². The summed E-state index contributed by atoms with van der Waals surface area (Å²) in [5.41, 5.74) is 2.66. The number of hydrogen-bond acceptors (Lipinski definition) is 5. The number of benzene rings is 1. The molecule has 6 nitrogen and oxygen atoms in total. The average molecular weight is 315 g/mol. The second-order valence-electron chi connectivity index (χ2n) is 5.86. The standard InChI is InChI=1S/C17H21N3O3/c1-19-17(22)9-13-10-20(7-6-15(13)18-19)11-16(21)12-4-3-5-14(8-12)23-2/h3-5,8-9,16,21H,6-7,10-11H2,1-2H3. The van der Waals surface area contributed by atoms with E-state index >= 15 is 0 Å². The molecule has 0 bridgehead atoms. The number of aliphatic hydroxyl groups excluding tert-OH is 1. The van der Waals surface area contributed by atoms with Gasteiger partial charge in [-0.05, 0) is 23.3 Å². The SMILES string of the molecule is COc1cccc(C(O)CN2CCc3nn(C)c(=O)cc3C2)c1. The number of β-amino-alcohol motifs (C(OH)–C–C–N with tert-alkyl or cyclic N) is 1. The van der Waals surface area contributed by atoms with Gasteiger partial charge in [0.2, 0.25) is 0 Å². The summed E-state index contributed by atoms with van der Waals surface area (Å²) in [4.78, 5) is 13.9. The molecule has 2 aromatic rings. The molecule has 0 saturated carbocycles. The number of aliphatic hydroxyl groups is 1. The van der Waals surface area contributed by atoms with Crippen LogP contribution in [-0.2, 0) is 20.0 Å². The number of rotatable bonds is 4. The molecule has 0 amide bonds. The van der Waals surface area contributed by atoms with Gasteiger partial charge in [0.25, 0.3) is 5.56 Å². The van der Waals surface area contributed by atoms with Crippen molar-refractivity contribution in [2.45, 2.75) is 19.1 Å². The molecule has 122 valence electrons. The van der Waals surface area contributed by atoms with Gasteiger partial charge in [0.15, 0.2) is 0 Å². The summed E-state index contributed by atoms with van der Waals surface area (Å²) in [5, 5.41) is 14.8. The van der Waals surface area contributed by atoms with E-state index < -0.39 is 6.10 Å². The van der Waals surface area contributed by atoms with Crippen LogP contribution in [0.15, 0.2) is 35.1 Å². The molecule has 1 aromatic carbocycles. The van der Waals surface area contributed by atoms with Gasteiger partial charge in [-0.2, -0.15) is 5.10 Å². The number of fused-ring (bicyclic) bond motifs is 1. The molecule has 3 rings (SSSR count). The van der Waals surface area contributed by atoms with E-state index in [4.69, 9.17) is 4.74 Å². The van der Waals surface area contributed by atoms with Crippen LogP contribution in [0.2, 0.25) is 0 Å². The van der Waals surface area contributed by atoms with Gasteiger partial charge < -0.3 is 9.84 Å². The zero-order valence-electron chi connectivity index (χ0n) is 13.4. The minimum Gasteiger partial charge on any atom is -0.497 e. The van der Waals surface area contributed by atoms with E-state index in [1.807, 2.05) is 24.3 Å². The van der Waals surface area contributed by atoms with Crippen LogP contribution >= 0.6 is 0 Å². The minimum atomic E-state index is -0.592. The van der Waals surface area contributed by atoms with Gasteiger partial charge in [0.1, 0.15) is 5.75 Å². The van der Waals surface area contributed by atoms with Crippen molar-refractivity contribution < 1.29 is 9.84 Å². The van der Waals surface area contributed by atoms with Gasteiger partial charge in [-0.25, -0.2) is 4.68 Å². The van der Waals surface area contributed by atoms with Gasteiger partial charge >= 0.3 is 0 Å². The molecule has 0 aliphatic carbocycles. The molecule has 0 radical (unpaired) electrons. The number of aryl methyl sites for hydroxylation is 1. The van der Waals surface area contributed by atoms with Crippen LogP contribution in [0.25, 0.3) is 0 Å². The first-order chi connectivity index (χ1) is 11.1. The molecule has 0 saturated heterocycles. The number of hydrogen-bond donors (Lipinski definition) is 1. The largest absolute Gasteiger partial charge is 0.497 e. The highest BCUT2D eigenvalue weighted by Crippen LogP contribution is 2.22. The van der Waals surface area contributed by atoms with Gasteiger partial charge in [-0.1, -0.05) is 12.1 Å². The minimum absolute atomic E-state index is 0.0982. The lowest BCUT2D eigenvalue weighted by molar-refractivity contribution is 0.105. The molecule has 23 heavy (non-hydrogen) atoms. The van der Waals surface area contributed by atoms with Gasteiger partial charge in [-0.3, -0.25) is 9.69 Å². The topological polar surface area (TPSA) is 67.6 Å². The second kappa shape index (κ2) is 6.52. The lowest BCUT2D eigenvalue weighted by atomic mass is 10.0. The third kappa shape index (κ3) is 3.43. The lowest BCUT2D eigenvalue weighted by Gasteiger charge is -2.29. The summed E-state index contributed by atoms with van der Waals surface area (Å²) < 4.78 is 6.57. The third-order valence-corrected chi connectivity index (χ3v) is 4.23. The van der Waals surface area contributed by atoms with Crippen LogP contribution in [0.5, 0.6) is 5.75 Å². The molecule has 2 heterocycles. The Morgan fingerprint density at radius 3 is 3.00 bits per heavy atom. The monoisotopic (exact) mass is 315 g/mol. The summed E-state index contributed by atoms with van der Waals surface area (Å²) in [6, 6.07) is 9.11. The summed E-state index contributed by atoms with van der Waals surface area (Å²) >= 11 is 0. The Morgan fingerprint density at radius 1 is 1.39 bits per heavy atom. The van der Waals surface area contributed by atoms with Crippen molar-refractivity contribution in [3.63, 3.8) is 0 Å². The normalized spacial score (nSPS) is 16.0. The summed E-state index contributed by atoms with van der Waals surface area (Å²) in [6.45, 7) is 1.97. The van der Waals surface area contributed by atoms with E-state index in [1.54, 1.807) is 20.2 Å². The van der Waals surface area contributed by atoms with E-state index in [0.29, 0.717) is 13.1 Å². The van der Waals surface area contributed by atoms with Crippen molar-refractivity contribution in [2.75, 3.05) is 20.2 Å². The first kappa shape index (κ1) is 15.7. The van der Waals surface area contributed by atoms with Crippen LogP contribution in [0, 0.1) is 0 Å². The zero-order valence-corrected chi connectivity index (χ0v) is 13.4. The fraction of sp³-hybridized carbons (Fsp3) is 0.412. The molecule has 1 aliphatic rings. The quantitative estimate of drug-likeness (QED) is 0.907. The molecule has 1 aromatic heterocycles. The summed E-state index contributed by atoms with van der Waals surface area (Å²) in [6.07, 6.45) is 0.194. The van der Waals surface area contributed by atoms with Crippen molar-refractivity contribution in [1.29, 1.82) is 0 Å². The third-order valence-electron chi connectivity index (χ3n) is 4.23. The average Bonchev–Trinajstić information content (AvgIpc) is 2.56. The van der Waals surface area contributed by atoms with Crippen molar-refractivity contribution in [3.05, 3.63) is 57.5 Å². The molecular formula is C17H21N3O3. The molecule has 0 fully saturated rings. The van der Waals surface area contributed by atoms with Crippen molar-refractivity contribution in [1.82, 2.24) is 14.7 Å². The van der Waals surface area contributed by atoms with Crippen molar-refractivity contribution in [3.8, 4) is 5.75 Å². The first-order valence-corrected chi connectivity index (χ1v) is 7.67. The molecule has 0 spiro atoms. The molecule has 1 aliphatic heterocycles. The fourth-order valence-electron chi connectivity index (χ4n) is 2.91. The number of aromatic nitrogens is 2. The predicted molar refractivity (Wildman–Crippen MR) is 86.4 cm³/mol. The number of methoxy groups -OCH3 is 1. The van der Waals surface area contributed by atoms with Crippen LogP contribution in [-0.4, -0.2) is 40.0 Å². The second-order valence-corrected chi connectivity index (χ2v) is 5.86. The van der Waals surface area contributed by atoms with Crippen LogP contribution < -0.4 is 10.3 Å². The highest BCUT2D eigenvalue weighted by Gasteiger charge is 2.21. The molecule has 1 N–H and O–H groups in total. The fourth-order valence-corrected chi connectivity index (χ4v) is 2.91. The maximum Gasteiger partial charge on any atom is 0.266 e. The van der Waals surface area contributed by atoms with E-state index in [1.165, 1.54) is 4.68 Å². The van der Waals surface area contributed by atoms with Crippen molar-refractivity contribution >= 4 is 0 Å². The Hall–Kier alpha value is -2.18. The Labute approximate surface area is 134 Å². The van der Waals surface area contributed by atoms with Crippen LogP contribution in [0.3, 0.4) is 0 Å². The Balaban J connectivity index is 1.71. The highest BCUT2D eigenvalue weighted by atomic mass is 16.5. The maximum absolute atomic E-state index is 11.7. The predicted octanol–water partition coefficient (Wildman–Crippen LogP) is 0.881. The van der Waals surface area contributed by atoms with Crippen LogP contribution in [0.4, 0.5) is 0 Å². The molecular weight excluding hydrogens is 294 g/mol. The zero-order chi connectivity index (χ0) is 16.4. The van der Waals surface area contributed by atoms with Crippen molar-refractivity contribution in [2.24, 2.45) is 7.05 Å². The van der Waals surface area contributed by atoms with E-state index in [9.17, 15) is 9.90 Å². The van der Waals surface area contributed by atoms with Gasteiger partial charge in [0.05, 0.1) is 18.9 Å². The summed E-state index contributed by atoms with van der Waals surface area (Å²) in [5.74, 6) is 0.734. The smallest absolute Gasteiger partial charge is 0.266 e. The Kier molecular flexibility index (Phi) is 4.45. The molecule has 6 heteroatoms. The Bertz CT molecular complexity index is 757. The first-order valence-electron chi connectivity index (χ1n) is 7.67. The van der Waals surface area contributed by atoms with E-state index in [2.05, 4.69) is 10.00 Å². The highest BCUT2D eigenvalue weighted by molar-refractivity contribution is 5.30. The maximum atomic E-state index is 11.7. The van der Waals surface area contributed by atoms with Crippen LogP contribution in [0.1, 0.15) is 22.9 Å². The lowest BCUT2D eigenvalue weighted by Crippen LogP contribution is -2.36. The molecule has 1 unspecified atom stereocenters. The van der Waals surface area contributed by atoms with E-state index in [0.717, 1.165) is 35.5 Å².